The highest BCUT2D eigenvalue weighted by atomic mass is 16.4. The maximum Gasteiger partial charge on any atom is 0.335 e. The Morgan fingerprint density at radius 1 is 1.26 bits per heavy atom. The van der Waals surface area contributed by atoms with Gasteiger partial charge in [0.25, 0.3) is 0 Å². The normalized spacial score (nSPS) is 10.6. The number of benzene rings is 1. The molecule has 0 atom stereocenters. The lowest BCUT2D eigenvalue weighted by molar-refractivity contribution is 0.0697. The Kier molecular flexibility index (Phi) is 5.00. The van der Waals surface area contributed by atoms with E-state index in [9.17, 15) is 9.59 Å². The first-order valence-corrected chi connectivity index (χ1v) is 7.27. The van der Waals surface area contributed by atoms with Gasteiger partial charge in [0.05, 0.1) is 16.9 Å². The fraction of sp³-hybridized carbons (Fsp3) is 0.312. The van der Waals surface area contributed by atoms with Crippen molar-refractivity contribution in [3.05, 3.63) is 47.3 Å². The van der Waals surface area contributed by atoms with Crippen LogP contribution in [0.2, 0.25) is 0 Å². The Morgan fingerprint density at radius 3 is 2.48 bits per heavy atom. The number of nitrogens with one attached hydrogen (secondary N) is 2. The van der Waals surface area contributed by atoms with E-state index in [1.165, 1.54) is 12.1 Å². The zero-order valence-corrected chi connectivity index (χ0v) is 13.3. The number of carboxylic acid groups (broad SMARTS) is 1. The van der Waals surface area contributed by atoms with Crippen LogP contribution in [0, 0.1) is 0 Å². The molecule has 0 aliphatic rings. The molecule has 0 spiro atoms. The van der Waals surface area contributed by atoms with Crippen LogP contribution >= 0.6 is 0 Å². The third-order valence-electron chi connectivity index (χ3n) is 3.31. The maximum absolute atomic E-state index is 12.0. The van der Waals surface area contributed by atoms with Crippen LogP contribution in [0.15, 0.2) is 30.5 Å². The van der Waals surface area contributed by atoms with Crippen molar-refractivity contribution >= 4 is 17.7 Å². The van der Waals surface area contributed by atoms with Crippen LogP contribution in [-0.2, 0) is 13.6 Å². The van der Waals surface area contributed by atoms with Crippen molar-refractivity contribution in [2.45, 2.75) is 26.3 Å². The molecule has 23 heavy (non-hydrogen) atoms. The van der Waals surface area contributed by atoms with Gasteiger partial charge in [0.1, 0.15) is 0 Å². The zero-order chi connectivity index (χ0) is 17.0. The molecule has 1 heterocycles. The van der Waals surface area contributed by atoms with Crippen molar-refractivity contribution in [1.82, 2.24) is 15.1 Å². The lowest BCUT2D eigenvalue weighted by Crippen LogP contribution is -2.28. The van der Waals surface area contributed by atoms with Crippen molar-refractivity contribution in [2.75, 3.05) is 5.32 Å². The Hall–Kier alpha value is -2.83. The van der Waals surface area contributed by atoms with Gasteiger partial charge in [0.15, 0.2) is 0 Å². The molecule has 0 radical (unpaired) electrons. The van der Waals surface area contributed by atoms with Crippen molar-refractivity contribution in [3.8, 4) is 0 Å². The highest BCUT2D eigenvalue weighted by Crippen LogP contribution is 2.21. The molecule has 3 N–H and O–H groups in total. The van der Waals surface area contributed by atoms with E-state index in [0.29, 0.717) is 12.2 Å². The standard InChI is InChI=1S/C16H20N4O3/c1-10(2)14-13(9-20(3)19-14)18-16(23)17-8-11-4-6-12(7-5-11)15(21)22/h4-7,9-10H,8H2,1-3H3,(H,21,22)(H2,17,18,23). The van der Waals surface area contributed by atoms with E-state index in [-0.39, 0.29) is 17.5 Å². The van der Waals surface area contributed by atoms with Crippen LogP contribution in [-0.4, -0.2) is 26.9 Å². The largest absolute Gasteiger partial charge is 0.478 e. The van der Waals surface area contributed by atoms with Gasteiger partial charge in [-0.2, -0.15) is 5.10 Å². The first-order chi connectivity index (χ1) is 10.9. The first kappa shape index (κ1) is 16.5. The Labute approximate surface area is 134 Å². The van der Waals surface area contributed by atoms with Gasteiger partial charge in [-0.1, -0.05) is 26.0 Å². The average Bonchev–Trinajstić information content (AvgIpc) is 2.86. The molecule has 0 unspecified atom stereocenters. The van der Waals surface area contributed by atoms with Crippen LogP contribution in [0.5, 0.6) is 0 Å². The summed E-state index contributed by atoms with van der Waals surface area (Å²) in [7, 11) is 1.80. The smallest absolute Gasteiger partial charge is 0.335 e. The van der Waals surface area contributed by atoms with Gasteiger partial charge in [0.2, 0.25) is 0 Å². The lowest BCUT2D eigenvalue weighted by atomic mass is 10.1. The first-order valence-electron chi connectivity index (χ1n) is 7.27. The number of hydrogen-bond acceptors (Lipinski definition) is 3. The monoisotopic (exact) mass is 316 g/mol. The van der Waals surface area contributed by atoms with Gasteiger partial charge in [0, 0.05) is 19.8 Å². The summed E-state index contributed by atoms with van der Waals surface area (Å²) >= 11 is 0. The molecule has 2 aromatic rings. The van der Waals surface area contributed by atoms with Gasteiger partial charge in [-0.25, -0.2) is 9.59 Å². The molecule has 122 valence electrons. The molecule has 0 saturated carbocycles. The number of nitrogens with zero attached hydrogens (tertiary/aromatic N) is 2. The molecule has 0 bridgehead atoms. The highest BCUT2D eigenvalue weighted by Gasteiger charge is 2.13. The molecule has 2 amide bonds. The van der Waals surface area contributed by atoms with Crippen LogP contribution in [0.25, 0.3) is 0 Å². The summed E-state index contributed by atoms with van der Waals surface area (Å²) < 4.78 is 1.66. The molecule has 0 fully saturated rings. The zero-order valence-electron chi connectivity index (χ0n) is 13.3. The Bertz CT molecular complexity index is 705. The Balaban J connectivity index is 1.94. The number of rotatable bonds is 5. The van der Waals surface area contributed by atoms with Crippen molar-refractivity contribution in [2.24, 2.45) is 7.05 Å². The maximum atomic E-state index is 12.0. The fourth-order valence-electron chi connectivity index (χ4n) is 2.14. The number of aromatic nitrogens is 2. The molecule has 2 rings (SSSR count). The summed E-state index contributed by atoms with van der Waals surface area (Å²) in [6.07, 6.45) is 1.76. The van der Waals surface area contributed by atoms with E-state index in [0.717, 1.165) is 11.3 Å². The average molecular weight is 316 g/mol. The minimum absolute atomic E-state index is 0.204. The third-order valence-corrected chi connectivity index (χ3v) is 3.31. The van der Waals surface area contributed by atoms with E-state index < -0.39 is 5.97 Å². The van der Waals surface area contributed by atoms with Gasteiger partial charge < -0.3 is 15.7 Å². The molecule has 1 aromatic heterocycles. The number of aromatic carboxylic acids is 1. The second kappa shape index (κ2) is 6.95. The predicted molar refractivity (Wildman–Crippen MR) is 86.6 cm³/mol. The van der Waals surface area contributed by atoms with E-state index in [4.69, 9.17) is 5.11 Å². The number of hydrogen-bond donors (Lipinski definition) is 3. The quantitative estimate of drug-likeness (QED) is 0.790. The summed E-state index contributed by atoms with van der Waals surface area (Å²) in [4.78, 5) is 22.8. The molecule has 1 aromatic carbocycles. The number of carbonyl (C=O) groups excluding carboxylic acids is 1. The fourth-order valence-corrected chi connectivity index (χ4v) is 2.14. The van der Waals surface area contributed by atoms with E-state index in [1.807, 2.05) is 13.8 Å². The summed E-state index contributed by atoms with van der Waals surface area (Å²) in [5.41, 5.74) is 2.55. The second-order valence-corrected chi connectivity index (χ2v) is 5.57. The van der Waals surface area contributed by atoms with Crippen LogP contribution in [0.3, 0.4) is 0 Å². The van der Waals surface area contributed by atoms with E-state index >= 15 is 0 Å². The number of anilines is 1. The van der Waals surface area contributed by atoms with Gasteiger partial charge in [-0.15, -0.1) is 0 Å². The van der Waals surface area contributed by atoms with Crippen molar-refractivity contribution in [3.63, 3.8) is 0 Å². The summed E-state index contributed by atoms with van der Waals surface area (Å²) in [5.74, 6) is -0.768. The highest BCUT2D eigenvalue weighted by molar-refractivity contribution is 5.90. The minimum Gasteiger partial charge on any atom is -0.478 e. The van der Waals surface area contributed by atoms with Gasteiger partial charge in [-0.05, 0) is 23.6 Å². The molecule has 0 saturated heterocycles. The molecular weight excluding hydrogens is 296 g/mol. The van der Waals surface area contributed by atoms with Gasteiger partial charge >= 0.3 is 12.0 Å². The molecule has 0 aliphatic heterocycles. The number of carboxylic acids is 1. The number of urea groups is 1. The van der Waals surface area contributed by atoms with Crippen LogP contribution in [0.1, 0.15) is 41.4 Å². The SMILES string of the molecule is CC(C)c1nn(C)cc1NC(=O)NCc1ccc(C(=O)O)cc1. The number of aryl methyl sites for hydroxylation is 1. The topological polar surface area (TPSA) is 96.3 Å². The summed E-state index contributed by atoms with van der Waals surface area (Å²) in [5, 5.41) is 18.7. The molecular formula is C16H20N4O3. The van der Waals surface area contributed by atoms with E-state index in [1.54, 1.807) is 30.1 Å². The third kappa shape index (κ3) is 4.32. The number of carbonyl (C=O) groups is 2. The number of amides is 2. The van der Waals surface area contributed by atoms with Crippen LogP contribution in [0.4, 0.5) is 10.5 Å². The summed E-state index contributed by atoms with van der Waals surface area (Å²) in [6.45, 7) is 4.33. The minimum atomic E-state index is -0.972. The molecule has 0 aliphatic carbocycles. The predicted octanol–water partition coefficient (Wildman–Crippen LogP) is 2.56. The van der Waals surface area contributed by atoms with Crippen molar-refractivity contribution < 1.29 is 14.7 Å². The van der Waals surface area contributed by atoms with Crippen LogP contribution < -0.4 is 10.6 Å². The van der Waals surface area contributed by atoms with Gasteiger partial charge in [-0.3, -0.25) is 4.68 Å². The lowest BCUT2D eigenvalue weighted by Gasteiger charge is -2.09. The van der Waals surface area contributed by atoms with E-state index in [2.05, 4.69) is 15.7 Å². The molecule has 7 nitrogen and oxygen atoms in total. The second-order valence-electron chi connectivity index (χ2n) is 5.57. The summed E-state index contributed by atoms with van der Waals surface area (Å²) in [6, 6.07) is 6.03. The Morgan fingerprint density at radius 2 is 1.91 bits per heavy atom. The molecule has 7 heteroatoms. The van der Waals surface area contributed by atoms with Crippen molar-refractivity contribution in [1.29, 1.82) is 0 Å².